The molecule has 0 aliphatic rings. The molecule has 0 atom stereocenters. The minimum atomic E-state index is 0.587. The molecular weight excluding hydrogens is 236 g/mol. The van der Waals surface area contributed by atoms with Crippen LogP contribution < -0.4 is 5.73 Å². The van der Waals surface area contributed by atoms with Gasteiger partial charge in [-0.1, -0.05) is 0 Å². The highest BCUT2D eigenvalue weighted by atomic mass is 32.1. The van der Waals surface area contributed by atoms with Crippen LogP contribution in [0.2, 0.25) is 0 Å². The summed E-state index contributed by atoms with van der Waals surface area (Å²) in [5, 5.41) is 4.27. The molecule has 2 N–H and O–H groups in total. The van der Waals surface area contributed by atoms with Crippen LogP contribution in [0.15, 0.2) is 10.6 Å². The van der Waals surface area contributed by atoms with Crippen LogP contribution in [0, 0.1) is 13.8 Å². The number of nitrogen functional groups attached to an aromatic ring is 1. The normalized spacial score (nSPS) is 11.5. The fourth-order valence-corrected chi connectivity index (χ4v) is 2.70. The molecule has 0 aliphatic heterocycles. The van der Waals surface area contributed by atoms with Crippen molar-refractivity contribution >= 4 is 27.4 Å². The molecule has 0 amide bonds. The molecule has 0 fully saturated rings. The zero-order valence-corrected chi connectivity index (χ0v) is 10.6. The molecule has 0 unspecified atom stereocenters. The van der Waals surface area contributed by atoms with Gasteiger partial charge < -0.3 is 10.2 Å². The lowest BCUT2D eigenvalue weighted by Crippen LogP contribution is -1.86. The summed E-state index contributed by atoms with van der Waals surface area (Å²) in [4.78, 5) is 6.35. The number of fused-ring (bicyclic) bond motifs is 1. The fraction of sp³-hybridized carbons (Fsp3) is 0.273. The van der Waals surface area contributed by atoms with Crippen molar-refractivity contribution in [3.63, 3.8) is 0 Å². The average molecular weight is 248 g/mol. The highest BCUT2D eigenvalue weighted by molar-refractivity contribution is 7.19. The molecule has 6 heteroatoms. The number of aryl methyl sites for hydroxylation is 3. The smallest absolute Gasteiger partial charge is 0.231 e. The van der Waals surface area contributed by atoms with Crippen LogP contribution in [0.1, 0.15) is 10.6 Å². The molecule has 0 spiro atoms. The lowest BCUT2D eigenvalue weighted by Gasteiger charge is -1.91. The van der Waals surface area contributed by atoms with E-state index in [9.17, 15) is 0 Å². The summed E-state index contributed by atoms with van der Waals surface area (Å²) in [6.07, 6.45) is 1.90. The number of hydrogen-bond acceptors (Lipinski definition) is 5. The Kier molecular flexibility index (Phi) is 2.03. The molecule has 5 nitrogen and oxygen atoms in total. The van der Waals surface area contributed by atoms with Crippen molar-refractivity contribution in [1.82, 2.24) is 14.8 Å². The first-order valence-corrected chi connectivity index (χ1v) is 6.04. The number of rotatable bonds is 1. The third kappa shape index (κ3) is 1.44. The van der Waals surface area contributed by atoms with Gasteiger partial charge in [-0.2, -0.15) is 10.1 Å². The highest BCUT2D eigenvalue weighted by Crippen LogP contribution is 2.36. The lowest BCUT2D eigenvalue weighted by atomic mass is 10.3. The third-order valence-electron chi connectivity index (χ3n) is 2.71. The lowest BCUT2D eigenvalue weighted by molar-refractivity contribution is 0.620. The second-order valence-corrected chi connectivity index (χ2v) is 5.23. The SMILES string of the molecule is Cc1nn(C)cc1-c1nc2sc(C)c(N)c2o1. The van der Waals surface area contributed by atoms with Crippen LogP contribution in [0.25, 0.3) is 21.9 Å². The number of hydrogen-bond donors (Lipinski definition) is 1. The predicted octanol–water partition coefficient (Wildman–Crippen LogP) is 2.49. The van der Waals surface area contributed by atoms with E-state index in [-0.39, 0.29) is 0 Å². The minimum absolute atomic E-state index is 0.587. The zero-order valence-electron chi connectivity index (χ0n) is 9.81. The molecule has 3 aromatic rings. The topological polar surface area (TPSA) is 69.9 Å². The second kappa shape index (κ2) is 3.33. The summed E-state index contributed by atoms with van der Waals surface area (Å²) in [6, 6.07) is 0. The van der Waals surface area contributed by atoms with E-state index in [1.165, 1.54) is 0 Å². The van der Waals surface area contributed by atoms with Gasteiger partial charge in [0.15, 0.2) is 10.4 Å². The van der Waals surface area contributed by atoms with Crippen LogP contribution in [-0.2, 0) is 7.05 Å². The molecule has 3 rings (SSSR count). The van der Waals surface area contributed by atoms with E-state index in [2.05, 4.69) is 10.1 Å². The minimum Gasteiger partial charge on any atom is -0.433 e. The molecule has 0 aromatic carbocycles. The Morgan fingerprint density at radius 2 is 2.18 bits per heavy atom. The van der Waals surface area contributed by atoms with Crippen molar-refractivity contribution in [3.8, 4) is 11.5 Å². The molecule has 17 heavy (non-hydrogen) atoms. The van der Waals surface area contributed by atoms with Crippen molar-refractivity contribution in [2.45, 2.75) is 13.8 Å². The zero-order chi connectivity index (χ0) is 12.2. The van der Waals surface area contributed by atoms with Crippen molar-refractivity contribution in [3.05, 3.63) is 16.8 Å². The molecule has 3 aromatic heterocycles. The van der Waals surface area contributed by atoms with Crippen LogP contribution in [-0.4, -0.2) is 14.8 Å². The molecular formula is C11H12N4OS. The number of thiophene rings is 1. The molecule has 0 bridgehead atoms. The van der Waals surface area contributed by atoms with Gasteiger partial charge in [-0.25, -0.2) is 0 Å². The van der Waals surface area contributed by atoms with Crippen molar-refractivity contribution < 1.29 is 4.42 Å². The van der Waals surface area contributed by atoms with Gasteiger partial charge in [0.2, 0.25) is 5.89 Å². The molecule has 0 saturated carbocycles. The van der Waals surface area contributed by atoms with Gasteiger partial charge in [-0.05, 0) is 13.8 Å². The fourth-order valence-electron chi connectivity index (χ4n) is 1.83. The Morgan fingerprint density at radius 3 is 2.76 bits per heavy atom. The summed E-state index contributed by atoms with van der Waals surface area (Å²) in [5.74, 6) is 0.587. The van der Waals surface area contributed by atoms with Gasteiger partial charge in [-0.15, -0.1) is 11.3 Å². The van der Waals surface area contributed by atoms with Gasteiger partial charge in [0.1, 0.15) is 0 Å². The first kappa shape index (κ1) is 10.3. The van der Waals surface area contributed by atoms with E-state index in [1.54, 1.807) is 16.0 Å². The van der Waals surface area contributed by atoms with Gasteiger partial charge in [0, 0.05) is 18.1 Å². The number of anilines is 1. The van der Waals surface area contributed by atoms with E-state index >= 15 is 0 Å². The first-order chi connectivity index (χ1) is 8.06. The largest absolute Gasteiger partial charge is 0.433 e. The standard InChI is InChI=1S/C11H12N4OS/c1-5-7(4-15(3)14-5)10-13-11-9(16-10)8(12)6(2)17-11/h4H,12H2,1-3H3. The Balaban J connectivity index is 2.22. The van der Waals surface area contributed by atoms with Crippen molar-refractivity contribution in [2.75, 3.05) is 5.73 Å². The number of nitrogens with zero attached hydrogens (tertiary/aromatic N) is 3. The Labute approximate surface area is 102 Å². The van der Waals surface area contributed by atoms with Crippen molar-refractivity contribution in [2.24, 2.45) is 7.05 Å². The number of nitrogens with two attached hydrogens (primary N) is 1. The first-order valence-electron chi connectivity index (χ1n) is 5.22. The van der Waals surface area contributed by atoms with E-state index in [0.717, 1.165) is 21.0 Å². The van der Waals surface area contributed by atoms with E-state index in [0.29, 0.717) is 17.2 Å². The summed E-state index contributed by atoms with van der Waals surface area (Å²) < 4.78 is 7.47. The third-order valence-corrected chi connectivity index (χ3v) is 3.71. The maximum atomic E-state index is 5.93. The van der Waals surface area contributed by atoms with E-state index in [1.807, 2.05) is 27.1 Å². The van der Waals surface area contributed by atoms with Crippen LogP contribution in [0.3, 0.4) is 0 Å². The van der Waals surface area contributed by atoms with Gasteiger partial charge >= 0.3 is 0 Å². The molecule has 3 heterocycles. The number of oxazole rings is 1. The summed E-state index contributed by atoms with van der Waals surface area (Å²) in [7, 11) is 1.88. The van der Waals surface area contributed by atoms with E-state index < -0.39 is 0 Å². The highest BCUT2D eigenvalue weighted by Gasteiger charge is 2.17. The summed E-state index contributed by atoms with van der Waals surface area (Å²) in [5.41, 5.74) is 9.11. The van der Waals surface area contributed by atoms with Gasteiger partial charge in [0.05, 0.1) is 16.9 Å². The quantitative estimate of drug-likeness (QED) is 0.718. The van der Waals surface area contributed by atoms with Crippen molar-refractivity contribution in [1.29, 1.82) is 0 Å². The average Bonchev–Trinajstić information content (AvgIpc) is 2.86. The Hall–Kier alpha value is -1.82. The monoisotopic (exact) mass is 248 g/mol. The van der Waals surface area contributed by atoms with Crippen LogP contribution in [0.4, 0.5) is 5.69 Å². The molecule has 88 valence electrons. The van der Waals surface area contributed by atoms with Gasteiger partial charge in [-0.3, -0.25) is 4.68 Å². The predicted molar refractivity (Wildman–Crippen MR) is 68.0 cm³/mol. The van der Waals surface area contributed by atoms with Gasteiger partial charge in [0.25, 0.3) is 0 Å². The van der Waals surface area contributed by atoms with Crippen LogP contribution >= 0.6 is 11.3 Å². The summed E-state index contributed by atoms with van der Waals surface area (Å²) in [6.45, 7) is 3.90. The maximum absolute atomic E-state index is 5.93. The molecule has 0 radical (unpaired) electrons. The van der Waals surface area contributed by atoms with Crippen LogP contribution in [0.5, 0.6) is 0 Å². The van der Waals surface area contributed by atoms with E-state index in [4.69, 9.17) is 10.2 Å². The Bertz CT molecular complexity index is 707. The molecule has 0 aliphatic carbocycles. The molecule has 0 saturated heterocycles. The second-order valence-electron chi connectivity index (χ2n) is 4.03. The maximum Gasteiger partial charge on any atom is 0.231 e. The number of aromatic nitrogens is 3. The summed E-state index contributed by atoms with van der Waals surface area (Å²) >= 11 is 1.55. The Morgan fingerprint density at radius 1 is 1.41 bits per heavy atom.